The molecule has 0 aromatic rings. The summed E-state index contributed by atoms with van der Waals surface area (Å²) < 4.78 is 36.2. The normalized spacial score (nSPS) is 36.4. The van der Waals surface area contributed by atoms with Crippen LogP contribution in [0.2, 0.25) is 0 Å². The van der Waals surface area contributed by atoms with Crippen molar-refractivity contribution in [3.05, 3.63) is 0 Å². The molecule has 0 heterocycles. The molecule has 3 unspecified atom stereocenters. The molecule has 0 aromatic carbocycles. The molecule has 3 atom stereocenters. The van der Waals surface area contributed by atoms with Crippen molar-refractivity contribution in [1.29, 1.82) is 0 Å². The second-order valence-electron chi connectivity index (χ2n) is 4.91. The number of alkyl halides is 3. The van der Waals surface area contributed by atoms with Crippen molar-refractivity contribution in [3.63, 3.8) is 0 Å². The average molecular weight is 222 g/mol. The van der Waals surface area contributed by atoms with Gasteiger partial charge in [0.1, 0.15) is 0 Å². The zero-order valence-corrected chi connectivity index (χ0v) is 8.56. The lowest BCUT2D eigenvalue weighted by molar-refractivity contribution is -0.137. The van der Waals surface area contributed by atoms with Gasteiger partial charge in [0.05, 0.1) is 0 Å². The number of halogens is 3. The van der Waals surface area contributed by atoms with Crippen molar-refractivity contribution in [2.45, 2.75) is 44.3 Å². The van der Waals surface area contributed by atoms with E-state index in [-0.39, 0.29) is 12.5 Å². The Hall–Kier alpha value is -0.290. The van der Waals surface area contributed by atoms with Crippen molar-refractivity contribution < 1.29 is 13.2 Å². The van der Waals surface area contributed by atoms with Crippen LogP contribution in [0.3, 0.4) is 0 Å². The second kappa shape index (κ2) is 3.94. The van der Waals surface area contributed by atoms with Crippen LogP contribution in [0.1, 0.15) is 32.1 Å². The van der Waals surface area contributed by atoms with Crippen molar-refractivity contribution in [2.75, 3.05) is 0 Å². The lowest BCUT2D eigenvalue weighted by Gasteiger charge is -2.24. The van der Waals surface area contributed by atoms with Crippen LogP contribution in [0, 0.1) is 17.8 Å². The number of hydrogen-bond donors (Lipinski definition) is 2. The van der Waals surface area contributed by atoms with Gasteiger partial charge in [0.15, 0.2) is 0 Å². The highest BCUT2D eigenvalue weighted by Gasteiger charge is 2.47. The molecule has 0 radical (unpaired) electrons. The van der Waals surface area contributed by atoms with Crippen molar-refractivity contribution in [2.24, 2.45) is 23.6 Å². The molecule has 0 spiro atoms. The predicted octanol–water partition coefficient (Wildman–Crippen LogP) is 2.21. The van der Waals surface area contributed by atoms with Crippen molar-refractivity contribution in [3.8, 4) is 0 Å². The summed E-state index contributed by atoms with van der Waals surface area (Å²) in [7, 11) is 0. The fourth-order valence-electron chi connectivity index (χ4n) is 2.86. The van der Waals surface area contributed by atoms with Crippen LogP contribution in [-0.4, -0.2) is 12.2 Å². The minimum Gasteiger partial charge on any atom is -0.271 e. The Bertz CT molecular complexity index is 219. The van der Waals surface area contributed by atoms with Crippen LogP contribution in [-0.2, 0) is 0 Å². The van der Waals surface area contributed by atoms with Crippen LogP contribution in [0.15, 0.2) is 0 Å². The molecule has 88 valence electrons. The summed E-state index contributed by atoms with van der Waals surface area (Å²) in [5.41, 5.74) is 2.56. The van der Waals surface area contributed by atoms with Gasteiger partial charge in [-0.25, -0.2) is 0 Å². The van der Waals surface area contributed by atoms with Crippen LogP contribution in [0.25, 0.3) is 0 Å². The molecule has 3 N–H and O–H groups in total. The third-order valence-electron chi connectivity index (χ3n) is 3.80. The molecule has 0 aliphatic heterocycles. The van der Waals surface area contributed by atoms with Gasteiger partial charge in [-0.3, -0.25) is 11.3 Å². The predicted molar refractivity (Wildman–Crippen MR) is 50.7 cm³/mol. The van der Waals surface area contributed by atoms with E-state index in [4.69, 9.17) is 5.84 Å². The maximum Gasteiger partial charge on any atom is 0.389 e. The van der Waals surface area contributed by atoms with E-state index >= 15 is 0 Å². The molecule has 2 saturated carbocycles. The summed E-state index contributed by atoms with van der Waals surface area (Å²) >= 11 is 0. The van der Waals surface area contributed by atoms with E-state index < -0.39 is 12.6 Å². The highest BCUT2D eigenvalue weighted by molar-refractivity contribution is 4.98. The standard InChI is InChI=1S/C10H17F3N2/c11-10(12,13)2-1-9(15-14)8-4-6-3-7(6)5-8/h6-9,15H,1-5,14H2. The molecule has 2 nitrogen and oxygen atoms in total. The molecule has 0 amide bonds. The van der Waals surface area contributed by atoms with Crippen LogP contribution in [0.5, 0.6) is 0 Å². The average Bonchev–Trinajstić information content (AvgIpc) is 2.73. The van der Waals surface area contributed by atoms with E-state index in [1.54, 1.807) is 0 Å². The lowest BCUT2D eigenvalue weighted by Crippen LogP contribution is -2.41. The van der Waals surface area contributed by atoms with E-state index in [9.17, 15) is 13.2 Å². The Morgan fingerprint density at radius 2 is 1.80 bits per heavy atom. The van der Waals surface area contributed by atoms with E-state index in [2.05, 4.69) is 5.43 Å². The number of fused-ring (bicyclic) bond motifs is 1. The Kier molecular flexibility index (Phi) is 2.94. The van der Waals surface area contributed by atoms with Crippen molar-refractivity contribution >= 4 is 0 Å². The van der Waals surface area contributed by atoms with Crippen LogP contribution in [0.4, 0.5) is 13.2 Å². The topological polar surface area (TPSA) is 38.0 Å². The number of nitrogens with two attached hydrogens (primary N) is 1. The minimum absolute atomic E-state index is 0.115. The molecule has 0 saturated heterocycles. The summed E-state index contributed by atoms with van der Waals surface area (Å²) in [4.78, 5) is 0. The molecule has 2 fully saturated rings. The van der Waals surface area contributed by atoms with Gasteiger partial charge in [-0.2, -0.15) is 13.2 Å². The number of hydrogen-bond acceptors (Lipinski definition) is 2. The van der Waals surface area contributed by atoms with Gasteiger partial charge in [-0.1, -0.05) is 0 Å². The summed E-state index contributed by atoms with van der Waals surface area (Å²) in [6.45, 7) is 0. The van der Waals surface area contributed by atoms with Gasteiger partial charge >= 0.3 is 6.18 Å². The van der Waals surface area contributed by atoms with E-state index in [1.165, 1.54) is 6.42 Å². The third-order valence-corrected chi connectivity index (χ3v) is 3.80. The molecule has 5 heteroatoms. The lowest BCUT2D eigenvalue weighted by atomic mass is 9.91. The Morgan fingerprint density at radius 3 is 2.27 bits per heavy atom. The second-order valence-corrected chi connectivity index (χ2v) is 4.91. The van der Waals surface area contributed by atoms with Crippen LogP contribution < -0.4 is 11.3 Å². The summed E-state index contributed by atoms with van der Waals surface area (Å²) in [6.07, 6.45) is -1.25. The first kappa shape index (κ1) is 11.2. The fourth-order valence-corrected chi connectivity index (χ4v) is 2.86. The van der Waals surface area contributed by atoms with E-state index in [1.807, 2.05) is 0 Å². The molecule has 2 aliphatic rings. The Labute approximate surface area is 87.4 Å². The number of hydrazine groups is 1. The Morgan fingerprint density at radius 1 is 1.20 bits per heavy atom. The van der Waals surface area contributed by atoms with E-state index in [0.717, 1.165) is 24.7 Å². The third kappa shape index (κ3) is 2.84. The van der Waals surface area contributed by atoms with Gasteiger partial charge in [0.2, 0.25) is 0 Å². The molecule has 0 aromatic heterocycles. The summed E-state index contributed by atoms with van der Waals surface area (Å²) in [5.74, 6) is 7.26. The smallest absolute Gasteiger partial charge is 0.271 e. The zero-order chi connectivity index (χ0) is 11.1. The van der Waals surface area contributed by atoms with E-state index in [0.29, 0.717) is 5.92 Å². The molecule has 15 heavy (non-hydrogen) atoms. The van der Waals surface area contributed by atoms with Gasteiger partial charge in [0.25, 0.3) is 0 Å². The first-order valence-electron chi connectivity index (χ1n) is 5.52. The molecule has 0 bridgehead atoms. The maximum absolute atomic E-state index is 12.1. The largest absolute Gasteiger partial charge is 0.389 e. The molecular formula is C10H17F3N2. The molecule has 2 aliphatic carbocycles. The molecule has 2 rings (SSSR count). The van der Waals surface area contributed by atoms with Gasteiger partial charge < -0.3 is 0 Å². The fraction of sp³-hybridized carbons (Fsp3) is 1.00. The van der Waals surface area contributed by atoms with Gasteiger partial charge in [-0.15, -0.1) is 0 Å². The van der Waals surface area contributed by atoms with Gasteiger partial charge in [-0.05, 0) is 43.4 Å². The SMILES string of the molecule is NNC(CCC(F)(F)F)C1CC2CC2C1. The van der Waals surface area contributed by atoms with Crippen LogP contribution >= 0.6 is 0 Å². The highest BCUT2D eigenvalue weighted by atomic mass is 19.4. The number of rotatable bonds is 4. The quantitative estimate of drug-likeness (QED) is 0.565. The summed E-state index contributed by atoms with van der Waals surface area (Å²) in [5, 5.41) is 0. The first-order valence-corrected chi connectivity index (χ1v) is 5.52. The monoisotopic (exact) mass is 222 g/mol. The minimum atomic E-state index is -4.06. The zero-order valence-electron chi connectivity index (χ0n) is 8.56. The highest BCUT2D eigenvalue weighted by Crippen LogP contribution is 2.55. The number of nitrogens with one attached hydrogen (secondary N) is 1. The maximum atomic E-state index is 12.1. The molecular weight excluding hydrogens is 205 g/mol. The summed E-state index contributed by atoms with van der Waals surface area (Å²) in [6, 6.07) is -0.153. The van der Waals surface area contributed by atoms with Crippen molar-refractivity contribution in [1.82, 2.24) is 5.43 Å². The van der Waals surface area contributed by atoms with Gasteiger partial charge in [0, 0.05) is 12.5 Å². The first-order chi connectivity index (χ1) is 6.99. The Balaban J connectivity index is 1.77.